The van der Waals surface area contributed by atoms with Crippen molar-refractivity contribution >= 4 is 16.3 Å². The second-order valence-electron chi connectivity index (χ2n) is 7.17. The molecule has 0 amide bonds. The SMILES string of the molecule is COc1c2c(cc3c1C(Nc1sc4c(c1C#N)CCC4)N(C)CC3)OCO2. The molecule has 1 aliphatic carbocycles. The Morgan fingerprint density at radius 2 is 2.22 bits per heavy atom. The zero-order chi connectivity index (χ0) is 18.5. The summed E-state index contributed by atoms with van der Waals surface area (Å²) in [6.07, 6.45) is 4.08. The number of nitrogens with one attached hydrogen (secondary N) is 1. The molecule has 27 heavy (non-hydrogen) atoms. The summed E-state index contributed by atoms with van der Waals surface area (Å²) in [5.74, 6) is 2.15. The lowest BCUT2D eigenvalue weighted by Crippen LogP contribution is -2.37. The zero-order valence-electron chi connectivity index (χ0n) is 15.4. The Balaban J connectivity index is 1.60. The fourth-order valence-electron chi connectivity index (χ4n) is 4.36. The normalized spacial score (nSPS) is 20.1. The molecular weight excluding hydrogens is 362 g/mol. The van der Waals surface area contributed by atoms with E-state index in [1.807, 2.05) is 0 Å². The molecular formula is C20H21N3O3S. The van der Waals surface area contributed by atoms with Crippen molar-refractivity contribution in [2.24, 2.45) is 0 Å². The van der Waals surface area contributed by atoms with Gasteiger partial charge < -0.3 is 19.5 Å². The number of nitriles is 1. The Hall–Kier alpha value is -2.43. The summed E-state index contributed by atoms with van der Waals surface area (Å²) in [6, 6.07) is 4.50. The monoisotopic (exact) mass is 383 g/mol. The minimum atomic E-state index is -0.0796. The van der Waals surface area contributed by atoms with Gasteiger partial charge in [0.25, 0.3) is 0 Å². The average molecular weight is 383 g/mol. The van der Waals surface area contributed by atoms with E-state index in [0.29, 0.717) is 5.75 Å². The molecule has 5 rings (SSSR count). The molecule has 140 valence electrons. The summed E-state index contributed by atoms with van der Waals surface area (Å²) in [7, 11) is 3.77. The van der Waals surface area contributed by atoms with Crippen molar-refractivity contribution < 1.29 is 14.2 Å². The van der Waals surface area contributed by atoms with Crippen LogP contribution in [0.1, 0.15) is 39.7 Å². The fraction of sp³-hybridized carbons (Fsp3) is 0.450. The van der Waals surface area contributed by atoms with Gasteiger partial charge in [-0.2, -0.15) is 5.26 Å². The van der Waals surface area contributed by atoms with Crippen LogP contribution < -0.4 is 19.5 Å². The molecule has 3 aliphatic rings. The lowest BCUT2D eigenvalue weighted by molar-refractivity contribution is 0.170. The topological polar surface area (TPSA) is 66.8 Å². The molecule has 1 aromatic heterocycles. The Morgan fingerprint density at radius 3 is 3.04 bits per heavy atom. The van der Waals surface area contributed by atoms with Crippen molar-refractivity contribution in [2.75, 3.05) is 32.8 Å². The first-order chi connectivity index (χ1) is 13.2. The summed E-state index contributed by atoms with van der Waals surface area (Å²) >= 11 is 1.73. The molecule has 1 N–H and O–H groups in total. The number of methoxy groups -OCH3 is 1. The van der Waals surface area contributed by atoms with E-state index in [9.17, 15) is 5.26 Å². The lowest BCUT2D eigenvalue weighted by Gasteiger charge is -2.36. The van der Waals surface area contributed by atoms with Crippen LogP contribution in [0.3, 0.4) is 0 Å². The van der Waals surface area contributed by atoms with Crippen molar-refractivity contribution in [3.8, 4) is 23.3 Å². The second-order valence-corrected chi connectivity index (χ2v) is 8.27. The number of thiophene rings is 1. The van der Waals surface area contributed by atoms with E-state index in [2.05, 4.69) is 29.4 Å². The molecule has 2 aromatic rings. The maximum absolute atomic E-state index is 9.73. The van der Waals surface area contributed by atoms with Gasteiger partial charge in [0.1, 0.15) is 17.2 Å². The Bertz CT molecular complexity index is 963. The fourth-order valence-corrected chi connectivity index (χ4v) is 5.63. The van der Waals surface area contributed by atoms with E-state index in [4.69, 9.17) is 14.2 Å². The number of benzene rings is 1. The zero-order valence-corrected chi connectivity index (χ0v) is 16.2. The van der Waals surface area contributed by atoms with Crippen molar-refractivity contribution in [1.82, 2.24) is 4.90 Å². The molecule has 6 nitrogen and oxygen atoms in total. The van der Waals surface area contributed by atoms with Gasteiger partial charge >= 0.3 is 0 Å². The van der Waals surface area contributed by atoms with Gasteiger partial charge in [0.2, 0.25) is 12.5 Å². The largest absolute Gasteiger partial charge is 0.492 e. The van der Waals surface area contributed by atoms with Crippen LogP contribution in [0, 0.1) is 11.3 Å². The first kappa shape index (κ1) is 16.7. The van der Waals surface area contributed by atoms with Gasteiger partial charge in [-0.1, -0.05) is 0 Å². The summed E-state index contributed by atoms with van der Waals surface area (Å²) in [5, 5.41) is 14.3. The van der Waals surface area contributed by atoms with Crippen LogP contribution in [0.15, 0.2) is 6.07 Å². The van der Waals surface area contributed by atoms with Gasteiger partial charge in [-0.15, -0.1) is 11.3 Å². The van der Waals surface area contributed by atoms with Crippen LogP contribution in [-0.2, 0) is 19.3 Å². The summed E-state index contributed by atoms with van der Waals surface area (Å²) in [6.45, 7) is 1.14. The summed E-state index contributed by atoms with van der Waals surface area (Å²) < 4.78 is 17.0. The lowest BCUT2D eigenvalue weighted by atomic mass is 9.95. The maximum Gasteiger partial charge on any atom is 0.231 e. The van der Waals surface area contributed by atoms with Gasteiger partial charge in [0.05, 0.1) is 12.7 Å². The quantitative estimate of drug-likeness (QED) is 0.876. The van der Waals surface area contributed by atoms with Crippen molar-refractivity contribution in [3.63, 3.8) is 0 Å². The van der Waals surface area contributed by atoms with Gasteiger partial charge in [0.15, 0.2) is 11.5 Å². The predicted molar refractivity (Wildman–Crippen MR) is 103 cm³/mol. The van der Waals surface area contributed by atoms with E-state index in [0.717, 1.165) is 59.9 Å². The van der Waals surface area contributed by atoms with E-state index in [-0.39, 0.29) is 13.0 Å². The number of hydrogen-bond acceptors (Lipinski definition) is 7. The standard InChI is InChI=1S/C20H21N3O3S/c1-23-7-6-11-8-14-17(26-10-25-14)18(24-2)16(11)19(23)22-20-13(9-21)12-4-3-5-15(12)27-20/h8,19,22H,3-7,10H2,1-2H3. The third kappa shape index (κ3) is 2.47. The molecule has 0 radical (unpaired) electrons. The number of aryl methyl sites for hydroxylation is 1. The number of anilines is 1. The van der Waals surface area contributed by atoms with Crippen molar-refractivity contribution in [1.29, 1.82) is 5.26 Å². The first-order valence-electron chi connectivity index (χ1n) is 9.22. The number of hydrogen-bond donors (Lipinski definition) is 1. The first-order valence-corrected chi connectivity index (χ1v) is 10.0. The smallest absolute Gasteiger partial charge is 0.231 e. The van der Waals surface area contributed by atoms with Crippen molar-refractivity contribution in [3.05, 3.63) is 33.2 Å². The molecule has 1 unspecified atom stereocenters. The molecule has 3 heterocycles. The summed E-state index contributed by atoms with van der Waals surface area (Å²) in [5.41, 5.74) is 4.33. The maximum atomic E-state index is 9.73. The third-order valence-corrected chi connectivity index (χ3v) is 6.92. The van der Waals surface area contributed by atoms with Crippen LogP contribution in [0.2, 0.25) is 0 Å². The molecule has 0 bridgehead atoms. The highest BCUT2D eigenvalue weighted by Gasteiger charge is 2.35. The number of nitrogens with zero attached hydrogens (tertiary/aromatic N) is 2. The number of ether oxygens (including phenoxy) is 3. The Labute approximate surface area is 162 Å². The van der Waals surface area contributed by atoms with Crippen LogP contribution in [-0.4, -0.2) is 32.4 Å². The van der Waals surface area contributed by atoms with Crippen LogP contribution in [0.4, 0.5) is 5.00 Å². The number of likely N-dealkylation sites (N-methyl/N-ethyl adjacent to an activating group) is 1. The van der Waals surface area contributed by atoms with E-state index < -0.39 is 0 Å². The predicted octanol–water partition coefficient (Wildman–Crippen LogP) is 3.44. The Kier molecular flexibility index (Phi) is 3.92. The van der Waals surface area contributed by atoms with Gasteiger partial charge in [0, 0.05) is 17.0 Å². The highest BCUT2D eigenvalue weighted by atomic mass is 32.1. The molecule has 0 saturated heterocycles. The molecule has 0 fully saturated rings. The highest BCUT2D eigenvalue weighted by molar-refractivity contribution is 7.16. The average Bonchev–Trinajstić information content (AvgIpc) is 3.37. The molecule has 1 aromatic carbocycles. The molecule has 7 heteroatoms. The number of rotatable bonds is 3. The van der Waals surface area contributed by atoms with E-state index in [1.54, 1.807) is 18.4 Å². The van der Waals surface area contributed by atoms with Crippen LogP contribution in [0.5, 0.6) is 17.2 Å². The molecule has 2 aliphatic heterocycles. The van der Waals surface area contributed by atoms with Crippen molar-refractivity contribution in [2.45, 2.75) is 31.8 Å². The summed E-state index contributed by atoms with van der Waals surface area (Å²) in [4.78, 5) is 3.62. The van der Waals surface area contributed by atoms with E-state index in [1.165, 1.54) is 16.0 Å². The molecule has 0 saturated carbocycles. The molecule has 1 atom stereocenters. The third-order valence-electron chi connectivity index (χ3n) is 5.70. The minimum absolute atomic E-state index is 0.0796. The minimum Gasteiger partial charge on any atom is -0.492 e. The molecule has 0 spiro atoms. The highest BCUT2D eigenvalue weighted by Crippen LogP contribution is 2.50. The van der Waals surface area contributed by atoms with Crippen LogP contribution >= 0.6 is 11.3 Å². The van der Waals surface area contributed by atoms with Gasteiger partial charge in [-0.05, 0) is 49.9 Å². The number of fused-ring (bicyclic) bond motifs is 3. The second kappa shape index (κ2) is 6.32. The van der Waals surface area contributed by atoms with E-state index >= 15 is 0 Å². The van der Waals surface area contributed by atoms with Gasteiger partial charge in [-0.3, -0.25) is 4.90 Å². The Morgan fingerprint density at radius 1 is 1.33 bits per heavy atom. The van der Waals surface area contributed by atoms with Crippen LogP contribution in [0.25, 0.3) is 0 Å². The van der Waals surface area contributed by atoms with Gasteiger partial charge in [-0.25, -0.2) is 0 Å².